The third-order valence-corrected chi connectivity index (χ3v) is 1.43. The number of hydrogen-bond donors (Lipinski definition) is 1. The molecule has 0 aliphatic carbocycles. The van der Waals surface area contributed by atoms with Crippen molar-refractivity contribution in [3.8, 4) is 12.3 Å². The van der Waals surface area contributed by atoms with Crippen LogP contribution in [0.4, 0.5) is 0 Å². The molecule has 0 amide bonds. The zero-order valence-electron chi connectivity index (χ0n) is 6.95. The van der Waals surface area contributed by atoms with Crippen LogP contribution in [0.2, 0.25) is 0 Å². The van der Waals surface area contributed by atoms with Crippen molar-refractivity contribution in [3.05, 3.63) is 0 Å². The molecule has 0 saturated heterocycles. The molecule has 0 aromatic heterocycles. The van der Waals surface area contributed by atoms with Crippen molar-refractivity contribution in [1.82, 2.24) is 0 Å². The fourth-order valence-corrected chi connectivity index (χ4v) is 0.788. The Hall–Kier alpha value is -0.660. The topological polar surface area (TPSA) is 35.5 Å². The van der Waals surface area contributed by atoms with Gasteiger partial charge in [-0.25, -0.2) is 0 Å². The summed E-state index contributed by atoms with van der Waals surface area (Å²) in [7, 11) is 0. The first kappa shape index (κ1) is 11.3. The second-order valence-electron chi connectivity index (χ2n) is 2.13. The molecule has 0 bridgehead atoms. The lowest BCUT2D eigenvalue weighted by Gasteiger charge is -2.13. The van der Waals surface area contributed by atoms with Gasteiger partial charge >= 0.3 is 5.97 Å². The van der Waals surface area contributed by atoms with Crippen LogP contribution >= 0.6 is 12.6 Å². The minimum Gasteiger partial charge on any atom is -0.459 e. The number of terminal acetylenes is 1. The average Bonchev–Trinajstić information content (AvgIpc) is 2.02. The molecule has 12 heavy (non-hydrogen) atoms. The fourth-order valence-electron chi connectivity index (χ4n) is 0.608. The third kappa shape index (κ3) is 6.08. The lowest BCUT2D eigenvalue weighted by Crippen LogP contribution is -2.24. The Labute approximate surface area is 77.8 Å². The van der Waals surface area contributed by atoms with Gasteiger partial charge in [0.1, 0.15) is 12.7 Å². The molecule has 0 spiro atoms. The normalized spacial score (nSPS) is 11.8. The van der Waals surface area contributed by atoms with Gasteiger partial charge in [0.25, 0.3) is 0 Å². The van der Waals surface area contributed by atoms with E-state index < -0.39 is 0 Å². The first-order chi connectivity index (χ1) is 5.70. The molecule has 0 saturated carbocycles. The summed E-state index contributed by atoms with van der Waals surface area (Å²) in [5.41, 5.74) is 0. The zero-order valence-corrected chi connectivity index (χ0v) is 7.84. The molecule has 0 radical (unpaired) electrons. The number of ether oxygens (including phenoxy) is 2. The van der Waals surface area contributed by atoms with Crippen LogP contribution in [0, 0.1) is 12.3 Å². The van der Waals surface area contributed by atoms with E-state index in [2.05, 4.69) is 18.5 Å². The summed E-state index contributed by atoms with van der Waals surface area (Å²) in [6.07, 6.45) is 4.65. The van der Waals surface area contributed by atoms with E-state index in [1.807, 2.05) is 0 Å². The molecule has 0 aliphatic heterocycles. The average molecular weight is 188 g/mol. The molecule has 0 heterocycles. The Morgan fingerprint density at radius 1 is 1.75 bits per heavy atom. The molecule has 0 N–H and O–H groups in total. The number of esters is 1. The largest absolute Gasteiger partial charge is 0.459 e. The predicted molar refractivity (Wildman–Crippen MR) is 49.1 cm³/mol. The maximum atomic E-state index is 10.5. The van der Waals surface area contributed by atoms with E-state index in [1.165, 1.54) is 6.92 Å². The Kier molecular flexibility index (Phi) is 6.63. The highest BCUT2D eigenvalue weighted by Crippen LogP contribution is 1.96. The maximum Gasteiger partial charge on any atom is 0.303 e. The van der Waals surface area contributed by atoms with Crippen LogP contribution < -0.4 is 0 Å². The molecule has 0 rings (SSSR count). The molecule has 68 valence electrons. The van der Waals surface area contributed by atoms with Crippen molar-refractivity contribution in [2.45, 2.75) is 13.0 Å². The summed E-state index contributed by atoms with van der Waals surface area (Å²) >= 11 is 3.98. The van der Waals surface area contributed by atoms with Gasteiger partial charge in [-0.3, -0.25) is 4.79 Å². The number of rotatable bonds is 5. The summed E-state index contributed by atoms with van der Waals surface area (Å²) in [5, 5.41) is 0. The van der Waals surface area contributed by atoms with Gasteiger partial charge in [0.2, 0.25) is 0 Å². The number of hydrogen-bond acceptors (Lipinski definition) is 4. The Bertz CT molecular complexity index is 174. The molecule has 4 heteroatoms. The summed E-state index contributed by atoms with van der Waals surface area (Å²) in [6, 6.07) is 0. The molecule has 0 fully saturated rings. The summed E-state index contributed by atoms with van der Waals surface area (Å²) in [5.74, 6) is 2.41. The van der Waals surface area contributed by atoms with E-state index in [4.69, 9.17) is 15.9 Å². The zero-order chi connectivity index (χ0) is 9.40. The highest BCUT2D eigenvalue weighted by molar-refractivity contribution is 7.80. The van der Waals surface area contributed by atoms with Gasteiger partial charge in [-0.1, -0.05) is 5.92 Å². The fraction of sp³-hybridized carbons (Fsp3) is 0.625. The van der Waals surface area contributed by atoms with Gasteiger partial charge in [-0.2, -0.15) is 12.6 Å². The van der Waals surface area contributed by atoms with Crippen LogP contribution in [0.25, 0.3) is 0 Å². The Morgan fingerprint density at radius 2 is 2.42 bits per heavy atom. The summed E-state index contributed by atoms with van der Waals surface area (Å²) in [4.78, 5) is 10.5. The molecular formula is C8H12O3S. The van der Waals surface area contributed by atoms with E-state index in [9.17, 15) is 4.79 Å². The first-order valence-electron chi connectivity index (χ1n) is 3.50. The van der Waals surface area contributed by atoms with Crippen molar-refractivity contribution < 1.29 is 14.3 Å². The highest BCUT2D eigenvalue weighted by atomic mass is 32.1. The molecule has 0 aromatic rings. The van der Waals surface area contributed by atoms with E-state index >= 15 is 0 Å². The van der Waals surface area contributed by atoms with Crippen LogP contribution in [0.3, 0.4) is 0 Å². The molecule has 0 aromatic carbocycles. The first-order valence-corrected chi connectivity index (χ1v) is 4.13. The summed E-state index contributed by atoms with van der Waals surface area (Å²) in [6.45, 7) is 1.87. The van der Waals surface area contributed by atoms with E-state index in [0.29, 0.717) is 12.4 Å². The van der Waals surface area contributed by atoms with Gasteiger partial charge in [-0.05, 0) is 0 Å². The Morgan fingerprint density at radius 3 is 2.83 bits per heavy atom. The van der Waals surface area contributed by atoms with Gasteiger partial charge in [0, 0.05) is 12.7 Å². The maximum absolute atomic E-state index is 10.5. The Balaban J connectivity index is 3.54. The van der Waals surface area contributed by atoms with Crippen LogP contribution in [0.15, 0.2) is 0 Å². The van der Waals surface area contributed by atoms with Crippen LogP contribution in [-0.4, -0.2) is 31.0 Å². The monoisotopic (exact) mass is 188 g/mol. The van der Waals surface area contributed by atoms with Crippen molar-refractivity contribution in [3.63, 3.8) is 0 Å². The van der Waals surface area contributed by atoms with Crippen molar-refractivity contribution in [2.24, 2.45) is 0 Å². The molecule has 1 unspecified atom stereocenters. The number of carbonyl (C=O) groups excluding carboxylic acids is 1. The summed E-state index contributed by atoms with van der Waals surface area (Å²) < 4.78 is 9.81. The van der Waals surface area contributed by atoms with Gasteiger partial charge < -0.3 is 9.47 Å². The van der Waals surface area contributed by atoms with Gasteiger partial charge in [0.15, 0.2) is 0 Å². The highest BCUT2D eigenvalue weighted by Gasteiger charge is 2.08. The van der Waals surface area contributed by atoms with Gasteiger partial charge in [0.05, 0.1) is 6.61 Å². The van der Waals surface area contributed by atoms with E-state index in [-0.39, 0.29) is 18.7 Å². The number of thiol groups is 1. The van der Waals surface area contributed by atoms with Crippen LogP contribution in [0.5, 0.6) is 0 Å². The minimum absolute atomic E-state index is 0.228. The van der Waals surface area contributed by atoms with E-state index in [1.54, 1.807) is 0 Å². The second kappa shape index (κ2) is 7.01. The quantitative estimate of drug-likeness (QED) is 0.295. The van der Waals surface area contributed by atoms with Crippen LogP contribution in [-0.2, 0) is 14.3 Å². The third-order valence-electron chi connectivity index (χ3n) is 1.03. The van der Waals surface area contributed by atoms with Crippen LogP contribution in [0.1, 0.15) is 6.92 Å². The molecule has 3 nitrogen and oxygen atoms in total. The van der Waals surface area contributed by atoms with Crippen molar-refractivity contribution >= 4 is 18.6 Å². The van der Waals surface area contributed by atoms with E-state index in [0.717, 1.165) is 0 Å². The smallest absolute Gasteiger partial charge is 0.303 e. The van der Waals surface area contributed by atoms with Gasteiger partial charge in [-0.15, -0.1) is 6.42 Å². The SMILES string of the molecule is C#CCOCC(CS)OC(C)=O. The minimum atomic E-state index is -0.335. The molecule has 0 aliphatic rings. The number of carbonyl (C=O) groups is 1. The lowest BCUT2D eigenvalue weighted by molar-refractivity contribution is -0.147. The second-order valence-corrected chi connectivity index (χ2v) is 2.50. The molecular weight excluding hydrogens is 176 g/mol. The lowest BCUT2D eigenvalue weighted by atomic mass is 10.4. The molecule has 1 atom stereocenters. The van der Waals surface area contributed by atoms with Crippen molar-refractivity contribution in [2.75, 3.05) is 19.0 Å². The standard InChI is InChI=1S/C8H12O3S/c1-3-4-10-5-8(6-12)11-7(2)9/h1,8,12H,4-6H2,2H3. The predicted octanol–water partition coefficient (Wildman–Crippen LogP) is 0.498. The van der Waals surface area contributed by atoms with Crippen molar-refractivity contribution in [1.29, 1.82) is 0 Å².